The lowest BCUT2D eigenvalue weighted by atomic mass is 10.1. The summed E-state index contributed by atoms with van der Waals surface area (Å²) in [6, 6.07) is 16.4. The monoisotopic (exact) mass is 519 g/mol. The molecule has 3 aromatic carbocycles. The van der Waals surface area contributed by atoms with Gasteiger partial charge >= 0.3 is 6.18 Å². The number of aromatic nitrogens is 2. The second-order valence-electron chi connectivity index (χ2n) is 7.91. The van der Waals surface area contributed by atoms with Crippen LogP contribution in [-0.2, 0) is 25.6 Å². The standard InChI is InChI=1S/C25H18Cl2F3N3O2/c26-19-8-11-21(22(27)13-19)23-15-32(14-17-3-9-20(10-4-17)33(34)35)24(31-23)12-5-16-1-6-18(7-2-16)25(28,29)30/h1-4,6-11,13,15H,5,12,14H2. The highest BCUT2D eigenvalue weighted by atomic mass is 35.5. The number of nitro groups is 1. The largest absolute Gasteiger partial charge is 0.416 e. The van der Waals surface area contributed by atoms with E-state index in [0.717, 1.165) is 23.3 Å². The molecule has 0 aliphatic rings. The number of benzene rings is 3. The van der Waals surface area contributed by atoms with Gasteiger partial charge in [-0.05, 0) is 47.9 Å². The molecule has 0 saturated carbocycles. The molecule has 0 aliphatic carbocycles. The van der Waals surface area contributed by atoms with E-state index in [1.807, 2.05) is 10.8 Å². The maximum Gasteiger partial charge on any atom is 0.416 e. The quantitative estimate of drug-likeness (QED) is 0.186. The summed E-state index contributed by atoms with van der Waals surface area (Å²) in [6.07, 6.45) is -1.61. The molecule has 0 atom stereocenters. The van der Waals surface area contributed by atoms with Crippen LogP contribution in [0.3, 0.4) is 0 Å². The van der Waals surface area contributed by atoms with Gasteiger partial charge in [0, 0.05) is 41.9 Å². The fraction of sp³-hybridized carbons (Fsp3) is 0.160. The zero-order chi connectivity index (χ0) is 25.2. The van der Waals surface area contributed by atoms with Crippen LogP contribution in [0.2, 0.25) is 10.0 Å². The first-order chi connectivity index (χ1) is 16.6. The van der Waals surface area contributed by atoms with Gasteiger partial charge in [-0.1, -0.05) is 47.5 Å². The molecule has 0 saturated heterocycles. The maximum absolute atomic E-state index is 12.9. The summed E-state index contributed by atoms with van der Waals surface area (Å²) in [5.74, 6) is 0.698. The molecule has 5 nitrogen and oxygen atoms in total. The van der Waals surface area contributed by atoms with Crippen molar-refractivity contribution in [3.8, 4) is 11.3 Å². The number of nitrogens with zero attached hydrogens (tertiary/aromatic N) is 3. The van der Waals surface area contributed by atoms with Crippen molar-refractivity contribution in [3.05, 3.63) is 116 Å². The van der Waals surface area contributed by atoms with Crippen LogP contribution < -0.4 is 0 Å². The zero-order valence-corrected chi connectivity index (χ0v) is 19.6. The fourth-order valence-corrected chi connectivity index (χ4v) is 4.16. The van der Waals surface area contributed by atoms with Crippen LogP contribution in [0.4, 0.5) is 18.9 Å². The van der Waals surface area contributed by atoms with Gasteiger partial charge in [0.1, 0.15) is 5.82 Å². The third-order valence-electron chi connectivity index (χ3n) is 5.48. The van der Waals surface area contributed by atoms with Gasteiger partial charge in [-0.15, -0.1) is 0 Å². The molecule has 1 aromatic heterocycles. The van der Waals surface area contributed by atoms with Crippen molar-refractivity contribution < 1.29 is 18.1 Å². The van der Waals surface area contributed by atoms with Crippen molar-refractivity contribution in [1.82, 2.24) is 9.55 Å². The van der Waals surface area contributed by atoms with Crippen molar-refractivity contribution in [2.75, 3.05) is 0 Å². The molecule has 4 aromatic rings. The lowest BCUT2D eigenvalue weighted by Crippen LogP contribution is -2.07. The zero-order valence-electron chi connectivity index (χ0n) is 18.1. The van der Waals surface area contributed by atoms with Gasteiger partial charge in [0.05, 0.1) is 21.2 Å². The molecule has 0 unspecified atom stereocenters. The number of halogens is 5. The molecule has 1 heterocycles. The van der Waals surface area contributed by atoms with Crippen molar-refractivity contribution in [2.24, 2.45) is 0 Å². The van der Waals surface area contributed by atoms with Gasteiger partial charge in [-0.2, -0.15) is 13.2 Å². The van der Waals surface area contributed by atoms with Crippen molar-refractivity contribution in [2.45, 2.75) is 25.6 Å². The molecular weight excluding hydrogens is 502 g/mol. The number of rotatable bonds is 7. The predicted octanol–water partition coefficient (Wildman–Crippen LogP) is 7.62. The van der Waals surface area contributed by atoms with Gasteiger partial charge in [-0.3, -0.25) is 10.1 Å². The number of non-ortho nitro benzene ring substituents is 1. The molecule has 0 radical (unpaired) electrons. The molecule has 180 valence electrons. The fourth-order valence-electron chi connectivity index (χ4n) is 3.65. The number of nitro benzene ring substituents is 1. The summed E-state index contributed by atoms with van der Waals surface area (Å²) in [7, 11) is 0. The molecule has 0 spiro atoms. The maximum atomic E-state index is 12.9. The third-order valence-corrected chi connectivity index (χ3v) is 6.03. The first-order valence-corrected chi connectivity index (χ1v) is 11.3. The smallest absolute Gasteiger partial charge is 0.330 e. The second kappa shape index (κ2) is 10.1. The van der Waals surface area contributed by atoms with Crippen LogP contribution in [-0.4, -0.2) is 14.5 Å². The minimum atomic E-state index is -4.38. The minimum absolute atomic E-state index is 0.00413. The third kappa shape index (κ3) is 6.01. The van der Waals surface area contributed by atoms with E-state index >= 15 is 0 Å². The highest BCUT2D eigenvalue weighted by molar-refractivity contribution is 6.36. The van der Waals surface area contributed by atoms with Gasteiger partial charge in [0.2, 0.25) is 0 Å². The lowest BCUT2D eigenvalue weighted by molar-refractivity contribution is -0.384. The number of alkyl halides is 3. The Morgan fingerprint density at radius 2 is 1.57 bits per heavy atom. The van der Waals surface area contributed by atoms with Crippen LogP contribution in [0, 0.1) is 10.1 Å². The molecule has 0 fully saturated rings. The Bertz CT molecular complexity index is 1350. The van der Waals surface area contributed by atoms with Gasteiger partial charge in [0.25, 0.3) is 5.69 Å². The molecule has 0 bridgehead atoms. The van der Waals surface area contributed by atoms with E-state index in [1.54, 1.807) is 30.3 Å². The highest BCUT2D eigenvalue weighted by Gasteiger charge is 2.29. The molecule has 10 heteroatoms. The topological polar surface area (TPSA) is 61.0 Å². The van der Waals surface area contributed by atoms with Gasteiger partial charge < -0.3 is 4.57 Å². The Hall–Kier alpha value is -3.36. The van der Waals surface area contributed by atoms with Crippen LogP contribution in [0.5, 0.6) is 0 Å². The number of imidazole rings is 1. The average Bonchev–Trinajstić information content (AvgIpc) is 3.20. The lowest BCUT2D eigenvalue weighted by Gasteiger charge is -2.09. The van der Waals surface area contributed by atoms with E-state index < -0.39 is 16.7 Å². The minimum Gasteiger partial charge on any atom is -0.330 e. The Kier molecular flexibility index (Phi) is 7.14. The van der Waals surface area contributed by atoms with E-state index in [0.29, 0.717) is 46.5 Å². The number of hydrogen-bond donors (Lipinski definition) is 0. The highest BCUT2D eigenvalue weighted by Crippen LogP contribution is 2.31. The van der Waals surface area contributed by atoms with Crippen LogP contribution in [0.15, 0.2) is 72.9 Å². The molecule has 0 amide bonds. The Labute approximate surface area is 208 Å². The summed E-state index contributed by atoms with van der Waals surface area (Å²) in [5, 5.41) is 11.9. The summed E-state index contributed by atoms with van der Waals surface area (Å²) in [6.45, 7) is 0.401. The van der Waals surface area contributed by atoms with Gasteiger partial charge in [0.15, 0.2) is 0 Å². The van der Waals surface area contributed by atoms with Gasteiger partial charge in [-0.25, -0.2) is 4.98 Å². The van der Waals surface area contributed by atoms with E-state index in [4.69, 9.17) is 28.2 Å². The number of hydrogen-bond acceptors (Lipinski definition) is 3. The van der Waals surface area contributed by atoms with E-state index in [1.165, 1.54) is 24.3 Å². The molecular formula is C25H18Cl2F3N3O2. The van der Waals surface area contributed by atoms with Crippen LogP contribution in [0.25, 0.3) is 11.3 Å². The second-order valence-corrected chi connectivity index (χ2v) is 8.76. The molecule has 0 N–H and O–H groups in total. The van der Waals surface area contributed by atoms with Crippen LogP contribution in [0.1, 0.15) is 22.5 Å². The average molecular weight is 520 g/mol. The summed E-state index contributed by atoms with van der Waals surface area (Å²) >= 11 is 12.4. The Morgan fingerprint density at radius 1 is 0.914 bits per heavy atom. The molecule has 4 rings (SSSR count). The van der Waals surface area contributed by atoms with Crippen molar-refractivity contribution >= 4 is 28.9 Å². The molecule has 35 heavy (non-hydrogen) atoms. The molecule has 0 aliphatic heterocycles. The van der Waals surface area contributed by atoms with E-state index in [9.17, 15) is 23.3 Å². The summed E-state index contributed by atoms with van der Waals surface area (Å²) in [4.78, 5) is 15.2. The van der Waals surface area contributed by atoms with Crippen molar-refractivity contribution in [1.29, 1.82) is 0 Å². The Morgan fingerprint density at radius 3 is 2.17 bits per heavy atom. The summed E-state index contributed by atoms with van der Waals surface area (Å²) in [5.41, 5.74) is 2.19. The van der Waals surface area contributed by atoms with Crippen molar-refractivity contribution in [3.63, 3.8) is 0 Å². The SMILES string of the molecule is O=[N+]([O-])c1ccc(Cn2cc(-c3ccc(Cl)cc3Cl)nc2CCc2ccc(C(F)(F)F)cc2)cc1. The first-order valence-electron chi connectivity index (χ1n) is 10.5. The normalized spacial score (nSPS) is 11.6. The number of aryl methyl sites for hydroxylation is 2. The van der Waals surface area contributed by atoms with Crippen LogP contribution >= 0.6 is 23.2 Å². The Balaban J connectivity index is 1.62. The van der Waals surface area contributed by atoms with E-state index in [-0.39, 0.29) is 5.69 Å². The van der Waals surface area contributed by atoms with E-state index in [2.05, 4.69) is 0 Å². The predicted molar refractivity (Wildman–Crippen MR) is 129 cm³/mol. The summed E-state index contributed by atoms with van der Waals surface area (Å²) < 4.78 is 40.5. The first kappa shape index (κ1) is 24.8.